The molecule has 3 nitrogen and oxygen atoms in total. The molecule has 0 radical (unpaired) electrons. The second kappa shape index (κ2) is 4.97. The highest BCUT2D eigenvalue weighted by Crippen LogP contribution is 2.34. The maximum absolute atomic E-state index is 11.7. The molecule has 1 heterocycles. The molecule has 0 bridgehead atoms. The summed E-state index contributed by atoms with van der Waals surface area (Å²) in [6.07, 6.45) is 5.74. The van der Waals surface area contributed by atoms with Gasteiger partial charge in [0.25, 0.3) is 0 Å². The number of amides is 1. The van der Waals surface area contributed by atoms with Crippen molar-refractivity contribution in [3.05, 3.63) is 0 Å². The molecule has 3 heteroatoms. The molecule has 0 aromatic rings. The lowest BCUT2D eigenvalue weighted by Gasteiger charge is -2.27. The van der Waals surface area contributed by atoms with E-state index in [0.717, 1.165) is 25.4 Å². The fourth-order valence-corrected chi connectivity index (χ4v) is 2.13. The van der Waals surface area contributed by atoms with E-state index >= 15 is 0 Å². The van der Waals surface area contributed by atoms with Crippen molar-refractivity contribution in [2.75, 3.05) is 13.1 Å². The summed E-state index contributed by atoms with van der Waals surface area (Å²) < 4.78 is 0. The van der Waals surface area contributed by atoms with Gasteiger partial charge in [-0.1, -0.05) is 19.8 Å². The van der Waals surface area contributed by atoms with Gasteiger partial charge >= 0.3 is 0 Å². The van der Waals surface area contributed by atoms with Crippen LogP contribution in [0.5, 0.6) is 0 Å². The number of hydrogen-bond acceptors (Lipinski definition) is 2. The van der Waals surface area contributed by atoms with Gasteiger partial charge in [-0.15, -0.1) is 0 Å². The number of nitrogens with one attached hydrogen (secondary N) is 2. The van der Waals surface area contributed by atoms with Crippen LogP contribution in [0.1, 0.15) is 39.0 Å². The number of carbonyl (C=O) groups excluding carboxylic acids is 1. The van der Waals surface area contributed by atoms with Crippen LogP contribution in [0.2, 0.25) is 0 Å². The molecule has 1 saturated carbocycles. The topological polar surface area (TPSA) is 41.1 Å². The van der Waals surface area contributed by atoms with E-state index in [9.17, 15) is 4.79 Å². The Hall–Kier alpha value is -0.570. The maximum Gasteiger partial charge on any atom is 0.220 e. The standard InChI is InChI=1S/C12H22N2O/c1-2-11(5-9-3-4-9)14-12(15)6-10-7-13-8-10/h9-11,13H,2-8H2,1H3,(H,14,15). The highest BCUT2D eigenvalue weighted by atomic mass is 16.1. The van der Waals surface area contributed by atoms with Crippen molar-refractivity contribution in [3.63, 3.8) is 0 Å². The molecule has 15 heavy (non-hydrogen) atoms. The lowest BCUT2D eigenvalue weighted by molar-refractivity contribution is -0.123. The normalized spacial score (nSPS) is 23.3. The van der Waals surface area contributed by atoms with Gasteiger partial charge in [-0.25, -0.2) is 0 Å². The molecule has 2 fully saturated rings. The van der Waals surface area contributed by atoms with E-state index in [4.69, 9.17) is 0 Å². The van der Waals surface area contributed by atoms with Crippen LogP contribution in [-0.2, 0) is 4.79 Å². The molecule has 86 valence electrons. The first-order valence-electron chi connectivity index (χ1n) is 6.28. The average Bonchev–Trinajstić information content (AvgIpc) is 2.94. The number of carbonyl (C=O) groups is 1. The van der Waals surface area contributed by atoms with E-state index in [1.54, 1.807) is 0 Å². The van der Waals surface area contributed by atoms with Crippen molar-refractivity contribution in [1.29, 1.82) is 0 Å². The molecule has 2 rings (SSSR count). The van der Waals surface area contributed by atoms with Crippen LogP contribution in [0.4, 0.5) is 0 Å². The van der Waals surface area contributed by atoms with E-state index in [2.05, 4.69) is 17.6 Å². The zero-order valence-corrected chi connectivity index (χ0v) is 9.59. The Labute approximate surface area is 92.0 Å². The van der Waals surface area contributed by atoms with Crippen LogP contribution >= 0.6 is 0 Å². The molecule has 1 amide bonds. The Bertz CT molecular complexity index is 222. The molecule has 2 N–H and O–H groups in total. The summed E-state index contributed by atoms with van der Waals surface area (Å²) in [6, 6.07) is 0.429. The number of hydrogen-bond donors (Lipinski definition) is 2. The van der Waals surface area contributed by atoms with Crippen molar-refractivity contribution in [3.8, 4) is 0 Å². The molecule has 0 aromatic carbocycles. The minimum Gasteiger partial charge on any atom is -0.353 e. The van der Waals surface area contributed by atoms with Crippen LogP contribution < -0.4 is 10.6 Å². The Morgan fingerprint density at radius 3 is 2.60 bits per heavy atom. The Kier molecular flexibility index (Phi) is 3.62. The summed E-state index contributed by atoms with van der Waals surface area (Å²) in [7, 11) is 0. The van der Waals surface area contributed by atoms with Crippen LogP contribution in [0, 0.1) is 11.8 Å². The summed E-state index contributed by atoms with van der Waals surface area (Å²) in [6.45, 7) is 4.21. The molecule has 1 atom stereocenters. The van der Waals surface area contributed by atoms with Gasteiger partial charge in [-0.3, -0.25) is 4.79 Å². The fourth-order valence-electron chi connectivity index (χ4n) is 2.13. The van der Waals surface area contributed by atoms with Crippen LogP contribution in [0.3, 0.4) is 0 Å². The van der Waals surface area contributed by atoms with Gasteiger partial charge in [0.05, 0.1) is 0 Å². The summed E-state index contributed by atoms with van der Waals surface area (Å²) in [5.74, 6) is 1.75. The lowest BCUT2D eigenvalue weighted by atomic mass is 9.98. The van der Waals surface area contributed by atoms with Gasteiger partial charge < -0.3 is 10.6 Å². The van der Waals surface area contributed by atoms with Crippen molar-refractivity contribution >= 4 is 5.91 Å². The summed E-state index contributed by atoms with van der Waals surface area (Å²) in [5, 5.41) is 6.37. The second-order valence-electron chi connectivity index (χ2n) is 5.08. The molecule has 0 spiro atoms. The van der Waals surface area contributed by atoms with Crippen molar-refractivity contribution in [1.82, 2.24) is 10.6 Å². The summed E-state index contributed by atoms with van der Waals surface area (Å²) in [5.41, 5.74) is 0. The van der Waals surface area contributed by atoms with E-state index in [1.807, 2.05) is 0 Å². The predicted octanol–water partition coefficient (Wildman–Crippen LogP) is 1.29. The average molecular weight is 210 g/mol. The minimum absolute atomic E-state index is 0.258. The van der Waals surface area contributed by atoms with E-state index < -0.39 is 0 Å². The largest absolute Gasteiger partial charge is 0.353 e. The first kappa shape index (κ1) is 10.9. The van der Waals surface area contributed by atoms with Crippen LogP contribution in [0.15, 0.2) is 0 Å². The molecule has 1 aliphatic carbocycles. The van der Waals surface area contributed by atoms with Gasteiger partial charge in [-0.2, -0.15) is 0 Å². The predicted molar refractivity (Wildman–Crippen MR) is 60.5 cm³/mol. The van der Waals surface area contributed by atoms with Crippen LogP contribution in [-0.4, -0.2) is 25.0 Å². The van der Waals surface area contributed by atoms with E-state index in [1.165, 1.54) is 19.3 Å². The third-order valence-corrected chi connectivity index (χ3v) is 3.51. The Balaban J connectivity index is 1.65. The van der Waals surface area contributed by atoms with Crippen molar-refractivity contribution < 1.29 is 4.79 Å². The molecule has 0 aromatic heterocycles. The summed E-state index contributed by atoms with van der Waals surface area (Å²) in [4.78, 5) is 11.7. The Morgan fingerprint density at radius 2 is 2.13 bits per heavy atom. The molecule has 2 aliphatic rings. The Morgan fingerprint density at radius 1 is 1.40 bits per heavy atom. The third-order valence-electron chi connectivity index (χ3n) is 3.51. The van der Waals surface area contributed by atoms with Gasteiger partial charge in [0.2, 0.25) is 5.91 Å². The smallest absolute Gasteiger partial charge is 0.220 e. The first-order valence-corrected chi connectivity index (χ1v) is 6.28. The highest BCUT2D eigenvalue weighted by molar-refractivity contribution is 5.76. The first-order chi connectivity index (χ1) is 7.28. The van der Waals surface area contributed by atoms with Crippen molar-refractivity contribution in [2.45, 2.75) is 45.1 Å². The monoisotopic (exact) mass is 210 g/mol. The summed E-state index contributed by atoms with van der Waals surface area (Å²) >= 11 is 0. The fraction of sp³-hybridized carbons (Fsp3) is 0.917. The quantitative estimate of drug-likeness (QED) is 0.693. The van der Waals surface area contributed by atoms with Crippen LogP contribution in [0.25, 0.3) is 0 Å². The van der Waals surface area contributed by atoms with Gasteiger partial charge in [0.15, 0.2) is 0 Å². The molecule has 1 unspecified atom stereocenters. The third kappa shape index (κ3) is 3.49. The number of rotatable bonds is 6. The van der Waals surface area contributed by atoms with E-state index in [-0.39, 0.29) is 5.91 Å². The molecular weight excluding hydrogens is 188 g/mol. The van der Waals surface area contributed by atoms with Gasteiger partial charge in [0, 0.05) is 12.5 Å². The minimum atomic E-state index is 0.258. The lowest BCUT2D eigenvalue weighted by Crippen LogP contribution is -2.45. The molecular formula is C12H22N2O. The van der Waals surface area contributed by atoms with Crippen molar-refractivity contribution in [2.24, 2.45) is 11.8 Å². The van der Waals surface area contributed by atoms with Gasteiger partial charge in [0.1, 0.15) is 0 Å². The van der Waals surface area contributed by atoms with E-state index in [0.29, 0.717) is 18.4 Å². The molecule has 1 aliphatic heterocycles. The maximum atomic E-state index is 11.7. The SMILES string of the molecule is CCC(CC1CC1)NC(=O)CC1CNC1. The zero-order valence-electron chi connectivity index (χ0n) is 9.59. The van der Waals surface area contributed by atoms with Gasteiger partial charge in [-0.05, 0) is 37.8 Å². The highest BCUT2D eigenvalue weighted by Gasteiger charge is 2.26. The molecule has 1 saturated heterocycles. The second-order valence-corrected chi connectivity index (χ2v) is 5.08. The zero-order chi connectivity index (χ0) is 10.7.